The summed E-state index contributed by atoms with van der Waals surface area (Å²) in [6, 6.07) is 11.4. The molecule has 0 atom stereocenters. The smallest absolute Gasteiger partial charge is 0.338 e. The van der Waals surface area contributed by atoms with Crippen molar-refractivity contribution in [2.75, 3.05) is 0 Å². The summed E-state index contributed by atoms with van der Waals surface area (Å²) in [6.07, 6.45) is 0.713. The first-order chi connectivity index (χ1) is 12.7. The van der Waals surface area contributed by atoms with Gasteiger partial charge in [-0.05, 0) is 68.5 Å². The highest BCUT2D eigenvalue weighted by atomic mass is 16.5. The predicted molar refractivity (Wildman–Crippen MR) is 106 cm³/mol. The van der Waals surface area contributed by atoms with Gasteiger partial charge in [0.15, 0.2) is 0 Å². The van der Waals surface area contributed by atoms with E-state index in [0.717, 1.165) is 22.3 Å². The molecule has 0 aromatic heterocycles. The third-order valence-electron chi connectivity index (χ3n) is 3.99. The number of aryl methyl sites for hydroxylation is 2. The highest BCUT2D eigenvalue weighted by Crippen LogP contribution is 2.24. The molecule has 0 aliphatic rings. The van der Waals surface area contributed by atoms with Crippen LogP contribution in [0, 0.1) is 13.8 Å². The standard InChI is InChI=1S/C23H24O4/c1-14(2)22(24)26-20-9-7-18(11-16(20)5)13-19-8-10-21(17(6)12-19)27-23(25)15(3)4/h7-12H,1,3,13H2,2,4-6H3. The average molecular weight is 364 g/mol. The van der Waals surface area contributed by atoms with Gasteiger partial charge in [-0.2, -0.15) is 0 Å². The summed E-state index contributed by atoms with van der Waals surface area (Å²) in [5, 5.41) is 0. The molecule has 2 rings (SSSR count). The average Bonchev–Trinajstić information content (AvgIpc) is 2.59. The topological polar surface area (TPSA) is 52.6 Å². The number of hydrogen-bond acceptors (Lipinski definition) is 4. The summed E-state index contributed by atoms with van der Waals surface area (Å²) < 4.78 is 10.6. The molecular formula is C23H24O4. The number of rotatable bonds is 6. The van der Waals surface area contributed by atoms with Crippen molar-refractivity contribution in [3.8, 4) is 11.5 Å². The molecule has 27 heavy (non-hydrogen) atoms. The lowest BCUT2D eigenvalue weighted by Gasteiger charge is -2.11. The molecule has 0 heterocycles. The maximum absolute atomic E-state index is 11.7. The van der Waals surface area contributed by atoms with Gasteiger partial charge in [-0.25, -0.2) is 9.59 Å². The Kier molecular flexibility index (Phi) is 6.35. The Morgan fingerprint density at radius 3 is 1.44 bits per heavy atom. The minimum atomic E-state index is -0.429. The van der Waals surface area contributed by atoms with Crippen LogP contribution in [0.3, 0.4) is 0 Å². The van der Waals surface area contributed by atoms with Crippen LogP contribution in [0.2, 0.25) is 0 Å². The van der Waals surface area contributed by atoms with Crippen molar-refractivity contribution < 1.29 is 19.1 Å². The maximum atomic E-state index is 11.7. The SMILES string of the molecule is C=C(C)C(=O)Oc1ccc(Cc2ccc(OC(=O)C(=C)C)c(C)c2)cc1C. The van der Waals surface area contributed by atoms with Crippen LogP contribution in [0.1, 0.15) is 36.1 Å². The Hall–Kier alpha value is -3.14. The Bertz CT molecular complexity index is 846. The van der Waals surface area contributed by atoms with Gasteiger partial charge >= 0.3 is 11.9 Å². The molecule has 0 aliphatic carbocycles. The van der Waals surface area contributed by atoms with Crippen LogP contribution in [-0.4, -0.2) is 11.9 Å². The summed E-state index contributed by atoms with van der Waals surface area (Å²) in [5.74, 6) is 0.206. The monoisotopic (exact) mass is 364 g/mol. The van der Waals surface area contributed by atoms with Crippen molar-refractivity contribution in [3.05, 3.63) is 83.0 Å². The Morgan fingerprint density at radius 1 is 0.778 bits per heavy atom. The molecule has 0 fully saturated rings. The third kappa shape index (κ3) is 5.42. The molecule has 4 nitrogen and oxygen atoms in total. The number of esters is 2. The van der Waals surface area contributed by atoms with Crippen molar-refractivity contribution in [2.45, 2.75) is 34.1 Å². The highest BCUT2D eigenvalue weighted by Gasteiger charge is 2.11. The van der Waals surface area contributed by atoms with E-state index in [9.17, 15) is 9.59 Å². The number of ether oxygens (including phenoxy) is 2. The van der Waals surface area contributed by atoms with Crippen molar-refractivity contribution in [2.24, 2.45) is 0 Å². The normalized spacial score (nSPS) is 10.2. The second kappa shape index (κ2) is 8.49. The molecule has 0 saturated carbocycles. The molecule has 0 amide bonds. The summed E-state index contributed by atoms with van der Waals surface area (Å²) >= 11 is 0. The van der Waals surface area contributed by atoms with Crippen LogP contribution in [-0.2, 0) is 16.0 Å². The fourth-order valence-electron chi connectivity index (χ4n) is 2.48. The maximum Gasteiger partial charge on any atom is 0.338 e. The predicted octanol–water partition coefficient (Wildman–Crippen LogP) is 4.86. The zero-order chi connectivity index (χ0) is 20.1. The fraction of sp³-hybridized carbons (Fsp3) is 0.217. The van der Waals surface area contributed by atoms with Crippen LogP contribution in [0.4, 0.5) is 0 Å². The van der Waals surface area contributed by atoms with Gasteiger partial charge in [0.2, 0.25) is 0 Å². The quantitative estimate of drug-likeness (QED) is 0.417. The van der Waals surface area contributed by atoms with E-state index >= 15 is 0 Å². The largest absolute Gasteiger partial charge is 0.423 e. The van der Waals surface area contributed by atoms with Crippen molar-refractivity contribution in [1.82, 2.24) is 0 Å². The van der Waals surface area contributed by atoms with E-state index in [1.165, 1.54) is 0 Å². The molecule has 2 aromatic carbocycles. The van der Waals surface area contributed by atoms with Crippen LogP contribution >= 0.6 is 0 Å². The third-order valence-corrected chi connectivity index (χ3v) is 3.99. The number of benzene rings is 2. The Morgan fingerprint density at radius 2 is 1.15 bits per heavy atom. The number of hydrogen-bond donors (Lipinski definition) is 0. The molecule has 0 unspecified atom stereocenters. The van der Waals surface area contributed by atoms with Gasteiger partial charge < -0.3 is 9.47 Å². The molecular weight excluding hydrogens is 340 g/mol. The summed E-state index contributed by atoms with van der Waals surface area (Å²) in [6.45, 7) is 14.2. The van der Waals surface area contributed by atoms with Gasteiger partial charge in [0.25, 0.3) is 0 Å². The molecule has 2 aromatic rings. The number of carbonyl (C=O) groups excluding carboxylic acids is 2. The van der Waals surface area contributed by atoms with Crippen LogP contribution in [0.5, 0.6) is 11.5 Å². The molecule has 0 N–H and O–H groups in total. The van der Waals surface area contributed by atoms with E-state index in [-0.39, 0.29) is 0 Å². The van der Waals surface area contributed by atoms with E-state index in [2.05, 4.69) is 13.2 Å². The lowest BCUT2D eigenvalue weighted by molar-refractivity contribution is -0.131. The van der Waals surface area contributed by atoms with Crippen molar-refractivity contribution in [1.29, 1.82) is 0 Å². The molecule has 0 saturated heterocycles. The zero-order valence-electron chi connectivity index (χ0n) is 16.2. The first kappa shape index (κ1) is 20.2. The first-order valence-corrected chi connectivity index (χ1v) is 8.62. The van der Waals surface area contributed by atoms with E-state index in [1.807, 2.05) is 38.1 Å². The Labute approximate surface area is 160 Å². The first-order valence-electron chi connectivity index (χ1n) is 8.62. The molecule has 0 radical (unpaired) electrons. The molecule has 0 spiro atoms. The minimum absolute atomic E-state index is 0.362. The fourth-order valence-corrected chi connectivity index (χ4v) is 2.48. The second-order valence-electron chi connectivity index (χ2n) is 6.72. The van der Waals surface area contributed by atoms with E-state index in [1.54, 1.807) is 26.0 Å². The van der Waals surface area contributed by atoms with Crippen LogP contribution in [0.25, 0.3) is 0 Å². The molecule has 4 heteroatoms. The van der Waals surface area contributed by atoms with Gasteiger partial charge in [-0.15, -0.1) is 0 Å². The van der Waals surface area contributed by atoms with E-state index in [0.29, 0.717) is 29.1 Å². The van der Waals surface area contributed by atoms with E-state index < -0.39 is 11.9 Å². The summed E-state index contributed by atoms with van der Waals surface area (Å²) in [5.41, 5.74) is 4.67. The van der Waals surface area contributed by atoms with Gasteiger partial charge in [-0.3, -0.25) is 0 Å². The lowest BCUT2D eigenvalue weighted by Crippen LogP contribution is -2.09. The van der Waals surface area contributed by atoms with Gasteiger partial charge in [0.05, 0.1) is 0 Å². The van der Waals surface area contributed by atoms with Gasteiger partial charge in [0.1, 0.15) is 11.5 Å². The van der Waals surface area contributed by atoms with Gasteiger partial charge in [0, 0.05) is 11.1 Å². The Balaban J connectivity index is 2.13. The van der Waals surface area contributed by atoms with Crippen molar-refractivity contribution in [3.63, 3.8) is 0 Å². The van der Waals surface area contributed by atoms with Crippen molar-refractivity contribution >= 4 is 11.9 Å². The summed E-state index contributed by atoms with van der Waals surface area (Å²) in [4.78, 5) is 23.3. The zero-order valence-corrected chi connectivity index (χ0v) is 16.2. The molecule has 140 valence electrons. The minimum Gasteiger partial charge on any atom is -0.423 e. The van der Waals surface area contributed by atoms with E-state index in [4.69, 9.17) is 9.47 Å². The highest BCUT2D eigenvalue weighted by molar-refractivity contribution is 5.89. The van der Waals surface area contributed by atoms with Gasteiger partial charge in [-0.1, -0.05) is 37.4 Å². The number of carbonyl (C=O) groups is 2. The lowest BCUT2D eigenvalue weighted by atomic mass is 10.0. The molecule has 0 bridgehead atoms. The van der Waals surface area contributed by atoms with Crippen LogP contribution < -0.4 is 9.47 Å². The second-order valence-corrected chi connectivity index (χ2v) is 6.72. The molecule has 0 aliphatic heterocycles. The van der Waals surface area contributed by atoms with Crippen LogP contribution in [0.15, 0.2) is 60.7 Å². The summed E-state index contributed by atoms with van der Waals surface area (Å²) in [7, 11) is 0.